The van der Waals surface area contributed by atoms with Crippen molar-refractivity contribution in [1.82, 2.24) is 0 Å². The fourth-order valence-corrected chi connectivity index (χ4v) is 3.38. The molecule has 0 unspecified atom stereocenters. The normalized spacial score (nSPS) is 11.0. The highest BCUT2D eigenvalue weighted by Gasteiger charge is 2.22. The van der Waals surface area contributed by atoms with Gasteiger partial charge in [-0.3, -0.25) is 4.79 Å². The number of aldehydes is 1. The Balaban J connectivity index is 2.17. The predicted molar refractivity (Wildman–Crippen MR) is 106 cm³/mol. The van der Waals surface area contributed by atoms with Crippen LogP contribution in [-0.2, 0) is 6.42 Å². The van der Waals surface area contributed by atoms with Crippen molar-refractivity contribution in [2.24, 2.45) is 0 Å². The van der Waals surface area contributed by atoms with E-state index in [9.17, 15) is 22.4 Å². The standard InChI is InChI=1S/C24H19F5O/c1-2-3-4-5-14-6-8-15(9-7-14)22-17(12-19(25)18(13-30)23(22)28)16-10-20(26)24(29)21(27)11-16/h6-13H,2-5H2,1H3. The van der Waals surface area contributed by atoms with E-state index in [-0.39, 0.29) is 23.0 Å². The number of rotatable bonds is 7. The van der Waals surface area contributed by atoms with Gasteiger partial charge in [-0.15, -0.1) is 0 Å². The third-order valence-corrected chi connectivity index (χ3v) is 4.98. The lowest BCUT2D eigenvalue weighted by atomic mass is 9.91. The molecular formula is C24H19F5O. The Labute approximate surface area is 171 Å². The van der Waals surface area contributed by atoms with Crippen molar-refractivity contribution in [3.63, 3.8) is 0 Å². The van der Waals surface area contributed by atoms with Gasteiger partial charge in [0.15, 0.2) is 23.7 Å². The first-order chi connectivity index (χ1) is 14.4. The maximum atomic E-state index is 15.1. The smallest absolute Gasteiger partial charge is 0.194 e. The Kier molecular flexibility index (Phi) is 6.65. The summed E-state index contributed by atoms with van der Waals surface area (Å²) >= 11 is 0. The van der Waals surface area contributed by atoms with Crippen molar-refractivity contribution in [2.75, 3.05) is 0 Å². The second-order valence-electron chi connectivity index (χ2n) is 7.03. The van der Waals surface area contributed by atoms with E-state index in [1.165, 1.54) is 0 Å². The molecule has 0 N–H and O–H groups in total. The lowest BCUT2D eigenvalue weighted by molar-refractivity contribution is 0.111. The fraction of sp³-hybridized carbons (Fsp3) is 0.208. The quantitative estimate of drug-likeness (QED) is 0.171. The van der Waals surface area contributed by atoms with Crippen LogP contribution in [0.5, 0.6) is 0 Å². The minimum Gasteiger partial charge on any atom is -0.298 e. The van der Waals surface area contributed by atoms with Crippen LogP contribution in [0, 0.1) is 29.1 Å². The minimum absolute atomic E-state index is 0.0445. The number of carbonyl (C=O) groups excluding carboxylic acids is 1. The molecule has 0 saturated carbocycles. The van der Waals surface area contributed by atoms with Crippen molar-refractivity contribution in [2.45, 2.75) is 32.6 Å². The van der Waals surface area contributed by atoms with Gasteiger partial charge in [0, 0.05) is 5.56 Å². The SMILES string of the molecule is CCCCCc1ccc(-c2c(-c3cc(F)c(F)c(F)c3)cc(F)c(C=O)c2F)cc1. The van der Waals surface area contributed by atoms with Crippen LogP contribution in [0.2, 0.25) is 0 Å². The fourth-order valence-electron chi connectivity index (χ4n) is 3.38. The zero-order valence-electron chi connectivity index (χ0n) is 16.2. The van der Waals surface area contributed by atoms with Gasteiger partial charge >= 0.3 is 0 Å². The number of benzene rings is 3. The van der Waals surface area contributed by atoms with Crippen LogP contribution < -0.4 is 0 Å². The molecule has 6 heteroatoms. The molecule has 0 spiro atoms. The summed E-state index contributed by atoms with van der Waals surface area (Å²) in [5.41, 5.74) is -0.0932. The molecule has 156 valence electrons. The van der Waals surface area contributed by atoms with Gasteiger partial charge in [0.1, 0.15) is 11.6 Å². The van der Waals surface area contributed by atoms with Crippen LogP contribution in [-0.4, -0.2) is 6.29 Å². The molecule has 0 saturated heterocycles. The lowest BCUT2D eigenvalue weighted by Gasteiger charge is -2.15. The van der Waals surface area contributed by atoms with E-state index in [1.54, 1.807) is 24.3 Å². The third kappa shape index (κ3) is 4.27. The number of hydrogen-bond acceptors (Lipinski definition) is 1. The van der Waals surface area contributed by atoms with Crippen LogP contribution in [0.1, 0.15) is 42.1 Å². The molecule has 0 heterocycles. The Hall–Kier alpha value is -3.02. The van der Waals surface area contributed by atoms with Crippen LogP contribution in [0.25, 0.3) is 22.3 Å². The summed E-state index contributed by atoms with van der Waals surface area (Å²) in [6.07, 6.45) is 4.02. The maximum absolute atomic E-state index is 15.1. The van der Waals surface area contributed by atoms with Gasteiger partial charge in [-0.05, 0) is 53.3 Å². The molecule has 3 aromatic rings. The third-order valence-electron chi connectivity index (χ3n) is 4.98. The van der Waals surface area contributed by atoms with E-state index < -0.39 is 34.6 Å². The van der Waals surface area contributed by atoms with E-state index >= 15 is 4.39 Å². The van der Waals surface area contributed by atoms with Gasteiger partial charge in [0.05, 0.1) is 5.56 Å². The molecule has 0 atom stereocenters. The van der Waals surface area contributed by atoms with Crippen molar-refractivity contribution in [3.8, 4) is 22.3 Å². The lowest BCUT2D eigenvalue weighted by Crippen LogP contribution is -2.01. The molecule has 3 aromatic carbocycles. The summed E-state index contributed by atoms with van der Waals surface area (Å²) < 4.78 is 70.2. The number of unbranched alkanes of at least 4 members (excludes halogenated alkanes) is 2. The molecule has 0 aliphatic carbocycles. The molecule has 0 amide bonds. The Morgan fingerprint density at radius 2 is 1.40 bits per heavy atom. The van der Waals surface area contributed by atoms with Gasteiger partial charge in [0.2, 0.25) is 0 Å². The van der Waals surface area contributed by atoms with Crippen molar-refractivity contribution >= 4 is 6.29 Å². The van der Waals surface area contributed by atoms with Crippen LogP contribution >= 0.6 is 0 Å². The van der Waals surface area contributed by atoms with Crippen molar-refractivity contribution in [3.05, 3.63) is 82.7 Å². The largest absolute Gasteiger partial charge is 0.298 e. The summed E-state index contributed by atoms with van der Waals surface area (Å²) in [6.45, 7) is 2.09. The Morgan fingerprint density at radius 1 is 0.767 bits per heavy atom. The first-order valence-electron chi connectivity index (χ1n) is 9.58. The van der Waals surface area contributed by atoms with Gasteiger partial charge in [-0.1, -0.05) is 44.0 Å². The molecule has 0 bridgehead atoms. The molecule has 0 radical (unpaired) electrons. The van der Waals surface area contributed by atoms with E-state index in [1.807, 2.05) is 0 Å². The zero-order chi connectivity index (χ0) is 21.8. The van der Waals surface area contributed by atoms with Crippen LogP contribution in [0.4, 0.5) is 22.0 Å². The monoisotopic (exact) mass is 418 g/mol. The highest BCUT2D eigenvalue weighted by molar-refractivity contribution is 5.89. The average molecular weight is 418 g/mol. The number of carbonyl (C=O) groups is 1. The number of aryl methyl sites for hydroxylation is 1. The average Bonchev–Trinajstić information content (AvgIpc) is 2.72. The molecule has 0 aliphatic heterocycles. The van der Waals surface area contributed by atoms with Crippen molar-refractivity contribution in [1.29, 1.82) is 0 Å². The topological polar surface area (TPSA) is 17.1 Å². The summed E-state index contributed by atoms with van der Waals surface area (Å²) in [6, 6.07) is 8.92. The number of halogens is 5. The van der Waals surface area contributed by atoms with Gasteiger partial charge in [-0.25, -0.2) is 22.0 Å². The Bertz CT molecular complexity index is 1050. The predicted octanol–water partition coefficient (Wildman–Crippen LogP) is 7.26. The van der Waals surface area contributed by atoms with Crippen LogP contribution in [0.3, 0.4) is 0 Å². The summed E-state index contributed by atoms with van der Waals surface area (Å²) in [5, 5.41) is 0. The van der Waals surface area contributed by atoms with E-state index in [0.29, 0.717) is 17.7 Å². The first-order valence-corrected chi connectivity index (χ1v) is 9.58. The molecule has 30 heavy (non-hydrogen) atoms. The second-order valence-corrected chi connectivity index (χ2v) is 7.03. The maximum Gasteiger partial charge on any atom is 0.194 e. The number of hydrogen-bond donors (Lipinski definition) is 0. The van der Waals surface area contributed by atoms with Crippen molar-refractivity contribution < 1.29 is 26.7 Å². The summed E-state index contributed by atoms with van der Waals surface area (Å²) in [4.78, 5) is 11.2. The first kappa shape index (κ1) is 21.7. The van der Waals surface area contributed by atoms with Gasteiger partial charge in [0.25, 0.3) is 0 Å². The molecule has 1 nitrogen and oxygen atoms in total. The molecule has 0 fully saturated rings. The van der Waals surface area contributed by atoms with Gasteiger partial charge < -0.3 is 0 Å². The van der Waals surface area contributed by atoms with Gasteiger partial charge in [-0.2, -0.15) is 0 Å². The second kappa shape index (κ2) is 9.20. The Morgan fingerprint density at radius 3 is 1.97 bits per heavy atom. The molecular weight excluding hydrogens is 399 g/mol. The van der Waals surface area contributed by atoms with Crippen LogP contribution in [0.15, 0.2) is 42.5 Å². The highest BCUT2D eigenvalue weighted by atomic mass is 19.2. The summed E-state index contributed by atoms with van der Waals surface area (Å²) in [5.74, 6) is -6.97. The summed E-state index contributed by atoms with van der Waals surface area (Å²) in [7, 11) is 0. The minimum atomic E-state index is -1.68. The molecule has 0 aromatic heterocycles. The highest BCUT2D eigenvalue weighted by Crippen LogP contribution is 2.38. The van der Waals surface area contributed by atoms with E-state index in [4.69, 9.17) is 0 Å². The van der Waals surface area contributed by atoms with E-state index in [0.717, 1.165) is 37.3 Å². The van der Waals surface area contributed by atoms with E-state index in [2.05, 4.69) is 6.92 Å². The zero-order valence-corrected chi connectivity index (χ0v) is 16.2. The molecule has 3 rings (SSSR count). The molecule has 0 aliphatic rings.